The van der Waals surface area contributed by atoms with Crippen molar-refractivity contribution in [2.24, 2.45) is 0 Å². The topological polar surface area (TPSA) is 65.0 Å². The molecule has 3 aliphatic heterocycles. The maximum absolute atomic E-state index is 14.2. The van der Waals surface area contributed by atoms with Gasteiger partial charge in [-0.2, -0.15) is 0 Å². The number of rotatable bonds is 5. The van der Waals surface area contributed by atoms with Crippen LogP contribution in [-0.4, -0.2) is 91.2 Å². The van der Waals surface area contributed by atoms with Crippen LogP contribution in [0.4, 0.5) is 20.3 Å². The number of anilines is 2. The lowest BCUT2D eigenvalue weighted by Crippen LogP contribution is -2.48. The van der Waals surface area contributed by atoms with Crippen LogP contribution in [0.5, 0.6) is 0 Å². The molecule has 6 rings (SSSR count). The van der Waals surface area contributed by atoms with Crippen molar-refractivity contribution in [3.8, 4) is 0 Å². The Kier molecular flexibility index (Phi) is 7.31. The maximum Gasteiger partial charge on any atom is 0.254 e. The molecule has 0 saturated carbocycles. The van der Waals surface area contributed by atoms with Crippen molar-refractivity contribution in [2.75, 3.05) is 75.4 Å². The van der Waals surface area contributed by atoms with E-state index in [9.17, 15) is 13.6 Å². The van der Waals surface area contributed by atoms with E-state index in [0.717, 1.165) is 68.5 Å². The second kappa shape index (κ2) is 11.0. The molecular weight excluding hydrogens is 502 g/mol. The number of likely N-dealkylation sites (N-methyl/N-ethyl adjacent to an activating group) is 1. The molecule has 3 aliphatic rings. The Bertz CT molecular complexity index is 1340. The number of hydrogen-bond donors (Lipinski definition) is 0. The zero-order valence-corrected chi connectivity index (χ0v) is 22.3. The number of carbonyl (C=O) groups is 1. The highest BCUT2D eigenvalue weighted by molar-refractivity contribution is 5.98. The lowest BCUT2D eigenvalue weighted by atomic mass is 9.98. The molecule has 0 N–H and O–H groups in total. The zero-order valence-electron chi connectivity index (χ0n) is 22.3. The second-order valence-electron chi connectivity index (χ2n) is 10.5. The Balaban J connectivity index is 1.42. The number of ether oxygens (including phenoxy) is 1. The fraction of sp³-hybridized carbons (Fsp3) is 0.483. The number of piperazine rings is 1. The van der Waals surface area contributed by atoms with Gasteiger partial charge in [0.15, 0.2) is 0 Å². The second-order valence-corrected chi connectivity index (χ2v) is 10.5. The quantitative estimate of drug-likeness (QED) is 0.491. The number of aromatic nitrogens is 2. The van der Waals surface area contributed by atoms with Crippen LogP contribution in [0.3, 0.4) is 0 Å². The summed E-state index contributed by atoms with van der Waals surface area (Å²) in [5, 5.41) is 0. The van der Waals surface area contributed by atoms with Gasteiger partial charge >= 0.3 is 0 Å². The minimum absolute atomic E-state index is 0.0192. The molecule has 3 fully saturated rings. The summed E-state index contributed by atoms with van der Waals surface area (Å²) in [5.41, 5.74) is 3.31. The molecule has 8 nitrogen and oxygen atoms in total. The minimum Gasteiger partial charge on any atom is -0.378 e. The van der Waals surface area contributed by atoms with E-state index in [2.05, 4.69) is 16.7 Å². The highest BCUT2D eigenvalue weighted by Crippen LogP contribution is 2.40. The van der Waals surface area contributed by atoms with Gasteiger partial charge in [-0.25, -0.2) is 13.8 Å². The van der Waals surface area contributed by atoms with Gasteiger partial charge in [-0.1, -0.05) is 6.92 Å². The van der Waals surface area contributed by atoms with Gasteiger partial charge in [0.2, 0.25) is 0 Å². The largest absolute Gasteiger partial charge is 0.378 e. The molecule has 1 aromatic heterocycles. The standard InChI is InChI=1S/C29H34F2N6O2/c1-2-34-6-8-36(9-7-34)29(38)20-14-24(26-4-3-5-37(26)23-17-21(30)16-22(31)18-23)28-25(15-20)32-19-27(33-28)35-10-12-39-13-11-35/h14-19,26H,2-13H2,1H3. The molecule has 4 heterocycles. The summed E-state index contributed by atoms with van der Waals surface area (Å²) in [5.74, 6) is -0.465. The van der Waals surface area contributed by atoms with Crippen LogP contribution in [0.15, 0.2) is 36.5 Å². The third-order valence-corrected chi connectivity index (χ3v) is 8.14. The summed E-state index contributed by atoms with van der Waals surface area (Å²) in [6.07, 6.45) is 3.40. The van der Waals surface area contributed by atoms with Crippen LogP contribution in [0.2, 0.25) is 0 Å². The van der Waals surface area contributed by atoms with Crippen LogP contribution in [0.25, 0.3) is 11.0 Å². The third kappa shape index (κ3) is 5.27. The van der Waals surface area contributed by atoms with Gasteiger partial charge in [0.05, 0.1) is 36.5 Å². The Morgan fingerprint density at radius 3 is 2.44 bits per heavy atom. The minimum atomic E-state index is -0.606. The molecule has 3 aromatic rings. The lowest BCUT2D eigenvalue weighted by Gasteiger charge is -2.34. The van der Waals surface area contributed by atoms with E-state index in [4.69, 9.17) is 14.7 Å². The Morgan fingerprint density at radius 2 is 1.72 bits per heavy atom. The predicted molar refractivity (Wildman–Crippen MR) is 146 cm³/mol. The van der Waals surface area contributed by atoms with Gasteiger partial charge < -0.3 is 24.3 Å². The van der Waals surface area contributed by atoms with E-state index in [0.29, 0.717) is 49.6 Å². The van der Waals surface area contributed by atoms with Crippen molar-refractivity contribution < 1.29 is 18.3 Å². The molecule has 1 atom stereocenters. The molecular formula is C29H34F2N6O2. The predicted octanol–water partition coefficient (Wildman–Crippen LogP) is 3.86. The monoisotopic (exact) mass is 536 g/mol. The number of hydrogen-bond acceptors (Lipinski definition) is 7. The zero-order chi connectivity index (χ0) is 26.9. The van der Waals surface area contributed by atoms with Crippen LogP contribution in [0, 0.1) is 11.6 Å². The van der Waals surface area contributed by atoms with E-state index in [-0.39, 0.29) is 11.9 Å². The van der Waals surface area contributed by atoms with Crippen LogP contribution in [0.1, 0.15) is 41.7 Å². The van der Waals surface area contributed by atoms with E-state index in [1.54, 1.807) is 6.20 Å². The first-order chi connectivity index (χ1) is 19.0. The number of nitrogens with zero attached hydrogens (tertiary/aromatic N) is 6. The van der Waals surface area contributed by atoms with Crippen molar-refractivity contribution in [3.05, 3.63) is 59.3 Å². The molecule has 3 saturated heterocycles. The summed E-state index contributed by atoms with van der Waals surface area (Å²) in [6.45, 7) is 9.56. The third-order valence-electron chi connectivity index (χ3n) is 8.14. The first-order valence-electron chi connectivity index (χ1n) is 13.9. The van der Waals surface area contributed by atoms with Crippen LogP contribution < -0.4 is 9.80 Å². The Morgan fingerprint density at radius 1 is 0.974 bits per heavy atom. The molecule has 1 amide bonds. The molecule has 2 aromatic carbocycles. The van der Waals surface area contributed by atoms with Crippen molar-refractivity contribution in [2.45, 2.75) is 25.8 Å². The summed E-state index contributed by atoms with van der Waals surface area (Å²) < 4.78 is 33.9. The number of fused-ring (bicyclic) bond motifs is 1. The van der Waals surface area contributed by atoms with E-state index in [1.807, 2.05) is 21.9 Å². The normalized spacial score (nSPS) is 20.7. The first kappa shape index (κ1) is 25.9. The van der Waals surface area contributed by atoms with Gasteiger partial charge in [-0.05, 0) is 43.7 Å². The number of morpholine rings is 1. The fourth-order valence-corrected chi connectivity index (χ4v) is 6.01. The van der Waals surface area contributed by atoms with Crippen molar-refractivity contribution in [1.29, 1.82) is 0 Å². The maximum atomic E-state index is 14.2. The van der Waals surface area contributed by atoms with Gasteiger partial charge in [-0.3, -0.25) is 9.78 Å². The molecule has 0 radical (unpaired) electrons. The van der Waals surface area contributed by atoms with Crippen LogP contribution >= 0.6 is 0 Å². The van der Waals surface area contributed by atoms with E-state index in [1.165, 1.54) is 12.1 Å². The molecule has 0 aliphatic carbocycles. The van der Waals surface area contributed by atoms with E-state index < -0.39 is 11.6 Å². The molecule has 0 bridgehead atoms. The number of amides is 1. The Hall–Kier alpha value is -3.37. The summed E-state index contributed by atoms with van der Waals surface area (Å²) in [4.78, 5) is 31.9. The summed E-state index contributed by atoms with van der Waals surface area (Å²) >= 11 is 0. The molecule has 39 heavy (non-hydrogen) atoms. The molecule has 10 heteroatoms. The average Bonchev–Trinajstić information content (AvgIpc) is 3.46. The molecule has 1 unspecified atom stereocenters. The van der Waals surface area contributed by atoms with Gasteiger partial charge in [0, 0.05) is 68.7 Å². The van der Waals surface area contributed by atoms with Crippen molar-refractivity contribution in [1.82, 2.24) is 19.8 Å². The lowest BCUT2D eigenvalue weighted by molar-refractivity contribution is 0.0643. The highest BCUT2D eigenvalue weighted by Gasteiger charge is 2.31. The number of benzene rings is 2. The van der Waals surface area contributed by atoms with E-state index >= 15 is 0 Å². The van der Waals surface area contributed by atoms with Gasteiger partial charge in [0.1, 0.15) is 17.5 Å². The number of halogens is 2. The van der Waals surface area contributed by atoms with Gasteiger partial charge in [0.25, 0.3) is 5.91 Å². The highest BCUT2D eigenvalue weighted by atomic mass is 19.1. The number of carbonyl (C=O) groups excluding carboxylic acids is 1. The smallest absolute Gasteiger partial charge is 0.254 e. The van der Waals surface area contributed by atoms with Crippen molar-refractivity contribution in [3.63, 3.8) is 0 Å². The molecule has 0 spiro atoms. The fourth-order valence-electron chi connectivity index (χ4n) is 6.01. The average molecular weight is 537 g/mol. The van der Waals surface area contributed by atoms with Crippen LogP contribution in [-0.2, 0) is 4.74 Å². The van der Waals surface area contributed by atoms with Gasteiger partial charge in [-0.15, -0.1) is 0 Å². The summed E-state index contributed by atoms with van der Waals surface area (Å²) in [6, 6.07) is 7.22. The van der Waals surface area contributed by atoms with Crippen molar-refractivity contribution >= 4 is 28.4 Å². The SMILES string of the molecule is CCN1CCN(C(=O)c2cc(C3CCCN3c3cc(F)cc(F)c3)c3nc(N4CCOCC4)cnc3c2)CC1. The Labute approximate surface area is 227 Å². The first-order valence-corrected chi connectivity index (χ1v) is 13.9. The molecule has 206 valence electrons. The summed E-state index contributed by atoms with van der Waals surface area (Å²) in [7, 11) is 0.